The van der Waals surface area contributed by atoms with E-state index in [1.165, 1.54) is 48.9 Å². The summed E-state index contributed by atoms with van der Waals surface area (Å²) in [5.41, 5.74) is 0.547. The van der Waals surface area contributed by atoms with Crippen LogP contribution in [0.15, 0.2) is 24.3 Å². The Hall–Kier alpha value is -1.60. The highest BCUT2D eigenvalue weighted by Gasteiger charge is 2.17. The molecule has 0 aliphatic carbocycles. The maximum atomic E-state index is 12.9. The molecule has 0 bridgehead atoms. The zero-order valence-corrected chi connectivity index (χ0v) is 17.0. The zero-order chi connectivity index (χ0) is 19.6. The minimum atomic E-state index is -0.345. The number of halogens is 1. The smallest absolute Gasteiger partial charge is 0.234 e. The number of nitrogens with zero attached hydrogens (tertiary/aromatic N) is 1. The number of likely N-dealkylation sites (tertiary alicyclic amines) is 1. The van der Waals surface area contributed by atoms with Crippen LogP contribution in [0.25, 0.3) is 0 Å². The summed E-state index contributed by atoms with van der Waals surface area (Å²) in [5.74, 6) is 0.359. The summed E-state index contributed by atoms with van der Waals surface area (Å²) in [6, 6.07) is 5.61. The molecule has 1 aliphatic heterocycles. The molecule has 1 aliphatic rings. The van der Waals surface area contributed by atoms with Gasteiger partial charge < -0.3 is 15.5 Å². The molecule has 7 heteroatoms. The van der Waals surface area contributed by atoms with E-state index in [-0.39, 0.29) is 28.6 Å². The summed E-state index contributed by atoms with van der Waals surface area (Å²) in [4.78, 5) is 26.5. The molecule has 27 heavy (non-hydrogen) atoms. The first-order valence-corrected chi connectivity index (χ1v) is 10.7. The van der Waals surface area contributed by atoms with Gasteiger partial charge in [0.1, 0.15) is 5.82 Å². The third-order valence-electron chi connectivity index (χ3n) is 4.65. The van der Waals surface area contributed by atoms with E-state index in [0.29, 0.717) is 12.2 Å². The molecule has 1 aromatic rings. The number of nitrogens with one attached hydrogen (secondary N) is 2. The van der Waals surface area contributed by atoms with Crippen molar-refractivity contribution >= 4 is 29.3 Å². The van der Waals surface area contributed by atoms with E-state index in [9.17, 15) is 14.0 Å². The molecule has 0 saturated carbocycles. The van der Waals surface area contributed by atoms with E-state index in [2.05, 4.69) is 22.5 Å². The van der Waals surface area contributed by atoms with Gasteiger partial charge in [-0.25, -0.2) is 4.39 Å². The average molecular weight is 396 g/mol. The summed E-state index contributed by atoms with van der Waals surface area (Å²) in [7, 11) is 0. The molecular weight excluding hydrogens is 365 g/mol. The Balaban J connectivity index is 1.57. The Labute approximate surface area is 165 Å². The topological polar surface area (TPSA) is 61.4 Å². The summed E-state index contributed by atoms with van der Waals surface area (Å²) < 4.78 is 12.9. The largest absolute Gasteiger partial charge is 0.355 e. The molecule has 150 valence electrons. The number of thioether (sulfide) groups is 1. The molecule has 2 unspecified atom stereocenters. The van der Waals surface area contributed by atoms with E-state index in [0.717, 1.165) is 32.0 Å². The average Bonchev–Trinajstić information content (AvgIpc) is 2.65. The van der Waals surface area contributed by atoms with E-state index < -0.39 is 0 Å². The van der Waals surface area contributed by atoms with Gasteiger partial charge >= 0.3 is 0 Å². The molecule has 1 aromatic carbocycles. The molecule has 2 amide bonds. The van der Waals surface area contributed by atoms with Crippen molar-refractivity contribution in [3.8, 4) is 0 Å². The first kappa shape index (κ1) is 21.7. The van der Waals surface area contributed by atoms with E-state index in [4.69, 9.17) is 0 Å². The van der Waals surface area contributed by atoms with Crippen LogP contribution in [0.3, 0.4) is 0 Å². The molecule has 2 N–H and O–H groups in total. The van der Waals surface area contributed by atoms with Crippen molar-refractivity contribution in [2.45, 2.75) is 38.4 Å². The van der Waals surface area contributed by atoms with Crippen LogP contribution in [0.5, 0.6) is 0 Å². The molecule has 2 atom stereocenters. The first-order chi connectivity index (χ1) is 12.9. The second kappa shape index (κ2) is 11.3. The minimum absolute atomic E-state index is 0.0402. The Morgan fingerprint density at radius 1 is 1.33 bits per heavy atom. The number of benzene rings is 1. The molecule has 1 saturated heterocycles. The zero-order valence-electron chi connectivity index (χ0n) is 16.2. The SMILES string of the molecule is CC1CCCN(CCCNC(=O)C(C)SCC(=O)Nc2ccc(F)cc2)C1. The van der Waals surface area contributed by atoms with Gasteiger partial charge in [0.2, 0.25) is 11.8 Å². The summed E-state index contributed by atoms with van der Waals surface area (Å²) in [6.07, 6.45) is 3.53. The van der Waals surface area contributed by atoms with Crippen LogP contribution < -0.4 is 10.6 Å². The highest BCUT2D eigenvalue weighted by Crippen LogP contribution is 2.15. The van der Waals surface area contributed by atoms with Crippen LogP contribution in [0.4, 0.5) is 10.1 Å². The normalized spacial score (nSPS) is 18.7. The van der Waals surface area contributed by atoms with Crippen molar-refractivity contribution in [3.05, 3.63) is 30.1 Å². The lowest BCUT2D eigenvalue weighted by Gasteiger charge is -2.30. The van der Waals surface area contributed by atoms with Gasteiger partial charge in [-0.15, -0.1) is 11.8 Å². The van der Waals surface area contributed by atoms with Crippen molar-refractivity contribution in [1.29, 1.82) is 0 Å². The number of anilines is 1. The molecule has 1 heterocycles. The number of hydrogen-bond donors (Lipinski definition) is 2. The van der Waals surface area contributed by atoms with Gasteiger partial charge in [0, 0.05) is 18.8 Å². The fourth-order valence-corrected chi connectivity index (χ4v) is 3.86. The van der Waals surface area contributed by atoms with Gasteiger partial charge in [0.25, 0.3) is 0 Å². The fraction of sp³-hybridized carbons (Fsp3) is 0.600. The number of carbonyl (C=O) groups is 2. The molecule has 1 fully saturated rings. The highest BCUT2D eigenvalue weighted by atomic mass is 32.2. The van der Waals surface area contributed by atoms with Gasteiger partial charge in [-0.05, 0) is 69.5 Å². The molecule has 0 radical (unpaired) electrons. The Bertz CT molecular complexity index is 612. The number of carbonyl (C=O) groups excluding carboxylic acids is 2. The standard InChI is InChI=1S/C20H30FN3O2S/c1-15-5-3-11-24(13-15)12-4-10-22-20(26)16(2)27-14-19(25)23-18-8-6-17(21)7-9-18/h6-9,15-16H,3-5,10-14H2,1-2H3,(H,22,26)(H,23,25). The van der Waals surface area contributed by atoms with Crippen LogP contribution in [-0.2, 0) is 9.59 Å². The van der Waals surface area contributed by atoms with Crippen molar-refractivity contribution in [1.82, 2.24) is 10.2 Å². The lowest BCUT2D eigenvalue weighted by Crippen LogP contribution is -2.37. The molecule has 5 nitrogen and oxygen atoms in total. The Morgan fingerprint density at radius 3 is 2.78 bits per heavy atom. The van der Waals surface area contributed by atoms with Crippen LogP contribution in [0.1, 0.15) is 33.1 Å². The monoisotopic (exact) mass is 395 g/mol. The van der Waals surface area contributed by atoms with Crippen LogP contribution in [0.2, 0.25) is 0 Å². The number of rotatable bonds is 9. The quantitative estimate of drug-likeness (QED) is 0.631. The Morgan fingerprint density at radius 2 is 2.07 bits per heavy atom. The third kappa shape index (κ3) is 8.30. The Kier molecular flexibility index (Phi) is 9.07. The number of hydrogen-bond acceptors (Lipinski definition) is 4. The van der Waals surface area contributed by atoms with Crippen LogP contribution >= 0.6 is 11.8 Å². The lowest BCUT2D eigenvalue weighted by molar-refractivity contribution is -0.120. The molecule has 2 rings (SSSR count). The first-order valence-electron chi connectivity index (χ1n) is 9.61. The summed E-state index contributed by atoms with van der Waals surface area (Å²) in [5, 5.41) is 5.35. The number of piperidine rings is 1. The fourth-order valence-electron chi connectivity index (χ4n) is 3.15. The van der Waals surface area contributed by atoms with Gasteiger partial charge in [0.05, 0.1) is 11.0 Å². The van der Waals surface area contributed by atoms with E-state index in [1.54, 1.807) is 6.92 Å². The second-order valence-electron chi connectivity index (χ2n) is 7.20. The van der Waals surface area contributed by atoms with Crippen molar-refractivity contribution in [2.24, 2.45) is 5.92 Å². The minimum Gasteiger partial charge on any atom is -0.355 e. The van der Waals surface area contributed by atoms with Crippen molar-refractivity contribution in [3.63, 3.8) is 0 Å². The third-order valence-corrected chi connectivity index (χ3v) is 5.80. The lowest BCUT2D eigenvalue weighted by atomic mass is 10.0. The molecular formula is C20H30FN3O2S. The summed E-state index contributed by atoms with van der Waals surface area (Å²) >= 11 is 1.29. The van der Waals surface area contributed by atoms with E-state index in [1.807, 2.05) is 0 Å². The van der Waals surface area contributed by atoms with Crippen molar-refractivity contribution in [2.75, 3.05) is 37.2 Å². The van der Waals surface area contributed by atoms with Crippen LogP contribution in [0, 0.1) is 11.7 Å². The predicted octanol–water partition coefficient (Wildman–Crippen LogP) is 3.12. The maximum Gasteiger partial charge on any atom is 0.234 e. The second-order valence-corrected chi connectivity index (χ2v) is 8.53. The number of amides is 2. The van der Waals surface area contributed by atoms with Crippen LogP contribution in [-0.4, -0.2) is 53.9 Å². The maximum absolute atomic E-state index is 12.9. The van der Waals surface area contributed by atoms with E-state index >= 15 is 0 Å². The predicted molar refractivity (Wildman–Crippen MR) is 109 cm³/mol. The molecule has 0 aromatic heterocycles. The summed E-state index contributed by atoms with van der Waals surface area (Å²) in [6.45, 7) is 8.09. The highest BCUT2D eigenvalue weighted by molar-refractivity contribution is 8.01. The van der Waals surface area contributed by atoms with Gasteiger partial charge in [-0.3, -0.25) is 9.59 Å². The van der Waals surface area contributed by atoms with Crippen molar-refractivity contribution < 1.29 is 14.0 Å². The van der Waals surface area contributed by atoms with Gasteiger partial charge in [-0.1, -0.05) is 6.92 Å². The molecule has 0 spiro atoms. The van der Waals surface area contributed by atoms with Gasteiger partial charge in [0.15, 0.2) is 0 Å². The van der Waals surface area contributed by atoms with Gasteiger partial charge in [-0.2, -0.15) is 0 Å².